The number of aromatic nitrogens is 2. The van der Waals surface area contributed by atoms with Crippen molar-refractivity contribution in [3.8, 4) is 0 Å². The molecule has 0 fully saturated rings. The van der Waals surface area contributed by atoms with Gasteiger partial charge in [-0.25, -0.2) is 9.13 Å². The normalized spacial score (nSPS) is 13.3. The minimum Gasteiger partial charge on any atom is -0.375 e. The fourth-order valence-electron chi connectivity index (χ4n) is 3.56. The van der Waals surface area contributed by atoms with Crippen molar-refractivity contribution in [3.05, 3.63) is 84.5 Å². The fourth-order valence-corrected chi connectivity index (χ4v) is 4.56. The first-order valence-corrected chi connectivity index (χ1v) is 12.5. The number of carbonyl (C=O) groups excluding carboxylic acids is 1. The van der Waals surface area contributed by atoms with Crippen molar-refractivity contribution in [1.82, 2.24) is 14.4 Å². The maximum atomic E-state index is 12.5. The number of nitrogens with zero attached hydrogens (tertiary/aromatic N) is 5. The van der Waals surface area contributed by atoms with E-state index in [0.717, 1.165) is 30.2 Å². The number of hydrogen-bond donors (Lipinski definition) is 0. The van der Waals surface area contributed by atoms with Gasteiger partial charge in [0.05, 0.1) is 19.8 Å². The van der Waals surface area contributed by atoms with Crippen molar-refractivity contribution in [2.75, 3.05) is 44.9 Å². The Kier molecular flexibility index (Phi) is 9.22. The molecule has 34 heavy (non-hydrogen) atoms. The van der Waals surface area contributed by atoms with Crippen molar-refractivity contribution in [1.29, 1.82) is 0 Å². The highest BCUT2D eigenvalue weighted by Gasteiger charge is 2.16. The van der Waals surface area contributed by atoms with Crippen molar-refractivity contribution >= 4 is 29.4 Å². The zero-order chi connectivity index (χ0) is 24.5. The highest BCUT2D eigenvalue weighted by molar-refractivity contribution is 7.99. The Labute approximate surface area is 208 Å². The van der Waals surface area contributed by atoms with Gasteiger partial charge in [0.15, 0.2) is 0 Å². The lowest BCUT2D eigenvalue weighted by molar-refractivity contribution is -0.709. The maximum Gasteiger partial charge on any atom is 0.318 e. The monoisotopic (exact) mass is 478 g/mol. The molecule has 2 aromatic rings. The summed E-state index contributed by atoms with van der Waals surface area (Å²) in [6, 6.07) is 8.58. The van der Waals surface area contributed by atoms with Gasteiger partial charge >= 0.3 is 5.16 Å². The van der Waals surface area contributed by atoms with E-state index in [1.54, 1.807) is 11.8 Å². The summed E-state index contributed by atoms with van der Waals surface area (Å²) in [5.74, 6) is 0.609. The van der Waals surface area contributed by atoms with Crippen molar-refractivity contribution in [3.63, 3.8) is 0 Å². The van der Waals surface area contributed by atoms with Crippen LogP contribution in [0.1, 0.15) is 12.0 Å². The second-order valence-electron chi connectivity index (χ2n) is 8.60. The molecule has 0 N–H and O–H groups in total. The molecule has 6 nitrogen and oxygen atoms in total. The van der Waals surface area contributed by atoms with Crippen LogP contribution >= 0.6 is 11.8 Å². The predicted octanol–water partition coefficient (Wildman–Crippen LogP) is 3.84. The second kappa shape index (κ2) is 12.3. The molecular formula is C27H36N5OS+. The van der Waals surface area contributed by atoms with Crippen LogP contribution < -0.4 is 9.47 Å². The lowest BCUT2D eigenvalue weighted by atomic mass is 10.1. The number of carbonyl (C=O) groups is 1. The van der Waals surface area contributed by atoms with Crippen LogP contribution in [0, 0.1) is 0 Å². The van der Waals surface area contributed by atoms with Crippen LogP contribution in [-0.4, -0.2) is 60.3 Å². The summed E-state index contributed by atoms with van der Waals surface area (Å²) in [5, 5.41) is 1.08. The average molecular weight is 479 g/mol. The Morgan fingerprint density at radius 3 is 2.56 bits per heavy atom. The highest BCUT2D eigenvalue weighted by atomic mass is 32.2. The summed E-state index contributed by atoms with van der Waals surface area (Å²) >= 11 is 1.57. The van der Waals surface area contributed by atoms with Gasteiger partial charge in [0.2, 0.25) is 5.91 Å². The molecule has 0 atom stereocenters. The number of hydrogen-bond acceptors (Lipinski definition) is 4. The van der Waals surface area contributed by atoms with E-state index in [4.69, 9.17) is 0 Å². The lowest BCUT2D eigenvalue weighted by Gasteiger charge is -2.22. The Morgan fingerprint density at radius 1 is 1.09 bits per heavy atom. The second-order valence-corrected chi connectivity index (χ2v) is 9.54. The number of amides is 1. The molecule has 0 bridgehead atoms. The first-order chi connectivity index (χ1) is 16.3. The average Bonchev–Trinajstić information content (AvgIpc) is 3.01. The number of benzene rings is 1. The largest absolute Gasteiger partial charge is 0.375 e. The molecule has 1 amide bonds. The molecule has 0 unspecified atom stereocenters. The van der Waals surface area contributed by atoms with Crippen LogP contribution in [0.5, 0.6) is 0 Å². The molecule has 0 saturated carbocycles. The molecular weight excluding hydrogens is 442 g/mol. The Morgan fingerprint density at radius 2 is 1.85 bits per heavy atom. The molecule has 1 aliphatic rings. The van der Waals surface area contributed by atoms with Gasteiger partial charge in [-0.3, -0.25) is 4.79 Å². The van der Waals surface area contributed by atoms with Gasteiger partial charge in [-0.2, -0.15) is 0 Å². The number of aryl methyl sites for hydroxylation is 2. The number of imidazole rings is 1. The van der Waals surface area contributed by atoms with Crippen molar-refractivity contribution < 1.29 is 9.36 Å². The van der Waals surface area contributed by atoms with E-state index in [1.807, 2.05) is 78.0 Å². The molecule has 0 aliphatic carbocycles. The smallest absolute Gasteiger partial charge is 0.318 e. The van der Waals surface area contributed by atoms with Crippen LogP contribution in [0.25, 0.3) is 6.08 Å². The van der Waals surface area contributed by atoms with Crippen LogP contribution in [-0.2, 0) is 18.9 Å². The Hall–Kier alpha value is -3.19. The molecule has 1 aromatic carbocycles. The van der Waals surface area contributed by atoms with Gasteiger partial charge in [-0.05, 0) is 53.6 Å². The van der Waals surface area contributed by atoms with Gasteiger partial charge in [0.1, 0.15) is 12.4 Å². The quantitative estimate of drug-likeness (QED) is 0.384. The Balaban J connectivity index is 1.42. The number of rotatable bonds is 10. The molecule has 1 aliphatic heterocycles. The maximum absolute atomic E-state index is 12.5. The molecule has 2 heterocycles. The van der Waals surface area contributed by atoms with Gasteiger partial charge in [-0.1, -0.05) is 30.4 Å². The van der Waals surface area contributed by atoms with E-state index in [0.29, 0.717) is 5.75 Å². The predicted molar refractivity (Wildman–Crippen MR) is 142 cm³/mol. The van der Waals surface area contributed by atoms with Crippen molar-refractivity contribution in [2.24, 2.45) is 14.1 Å². The van der Waals surface area contributed by atoms with E-state index < -0.39 is 0 Å². The summed E-state index contributed by atoms with van der Waals surface area (Å²) < 4.78 is 4.07. The van der Waals surface area contributed by atoms with E-state index in [-0.39, 0.29) is 5.91 Å². The summed E-state index contributed by atoms with van der Waals surface area (Å²) in [6.07, 6.45) is 19.5. The third-order valence-electron chi connectivity index (χ3n) is 5.77. The number of allylic oxidation sites excluding steroid dienone is 5. The minimum atomic E-state index is 0.158. The van der Waals surface area contributed by atoms with E-state index >= 15 is 0 Å². The third-order valence-corrected chi connectivity index (χ3v) is 6.99. The zero-order valence-electron chi connectivity index (χ0n) is 20.9. The number of thioether (sulfide) groups is 1. The van der Waals surface area contributed by atoms with Gasteiger partial charge in [0.25, 0.3) is 0 Å². The zero-order valence-corrected chi connectivity index (χ0v) is 21.7. The molecule has 3 rings (SSSR count). The topological polar surface area (TPSA) is 35.6 Å². The van der Waals surface area contributed by atoms with Gasteiger partial charge in [-0.15, -0.1) is 0 Å². The third kappa shape index (κ3) is 7.42. The summed E-state index contributed by atoms with van der Waals surface area (Å²) in [6.45, 7) is 1.64. The van der Waals surface area contributed by atoms with Crippen LogP contribution in [0.2, 0.25) is 0 Å². The minimum absolute atomic E-state index is 0.158. The standard InChI is InChI=1S/C27H36N5OS/c1-28-16-6-8-23(15-19-28)9-10-24-11-13-25(14-12-24)29(2)17-7-18-30(3)26(33)22-34-27-31(4)20-21-32(27)5/h6,8-16,19-21H,7,17-18,22H2,1-5H3/q+1/b10-9+. The first kappa shape index (κ1) is 25.4. The molecule has 0 radical (unpaired) electrons. The van der Waals surface area contributed by atoms with E-state index in [1.165, 1.54) is 11.3 Å². The summed E-state index contributed by atoms with van der Waals surface area (Å²) in [4.78, 5) is 18.6. The summed E-state index contributed by atoms with van der Waals surface area (Å²) in [7, 11) is 10.0. The van der Waals surface area contributed by atoms with E-state index in [2.05, 4.69) is 60.5 Å². The molecule has 7 heteroatoms. The lowest BCUT2D eigenvalue weighted by Crippen LogP contribution is -2.33. The molecule has 0 saturated heterocycles. The molecule has 1 aromatic heterocycles. The molecule has 180 valence electrons. The Bertz CT molecular complexity index is 1060. The van der Waals surface area contributed by atoms with Gasteiger partial charge < -0.3 is 14.7 Å². The van der Waals surface area contributed by atoms with Crippen LogP contribution in [0.4, 0.5) is 5.69 Å². The van der Waals surface area contributed by atoms with Crippen LogP contribution in [0.15, 0.2) is 84.1 Å². The summed E-state index contributed by atoms with van der Waals surface area (Å²) in [5.41, 5.74) is 3.51. The highest BCUT2D eigenvalue weighted by Crippen LogP contribution is 2.17. The van der Waals surface area contributed by atoms with Crippen LogP contribution in [0.3, 0.4) is 0 Å². The molecule has 0 spiro atoms. The fraction of sp³-hybridized carbons (Fsp3) is 0.333. The SMILES string of the molecule is CN1C=CC=C(/C=C/c2ccc(N(C)CCCN(C)C(=O)CSc3n(C)cc[n+]3C)cc2)C=C1. The van der Waals surface area contributed by atoms with Crippen molar-refractivity contribution in [2.45, 2.75) is 11.6 Å². The van der Waals surface area contributed by atoms with Gasteiger partial charge in [0, 0.05) is 52.3 Å². The van der Waals surface area contributed by atoms with E-state index in [9.17, 15) is 4.79 Å². The number of anilines is 1. The first-order valence-electron chi connectivity index (χ1n) is 11.5.